The van der Waals surface area contributed by atoms with Crippen LogP contribution in [0.3, 0.4) is 0 Å². The number of thiazole rings is 1. The topological polar surface area (TPSA) is 88.6 Å². The summed E-state index contributed by atoms with van der Waals surface area (Å²) in [6.07, 6.45) is 1.73. The Labute approximate surface area is 186 Å². The summed E-state index contributed by atoms with van der Waals surface area (Å²) in [5.41, 5.74) is 1.34. The largest absolute Gasteiger partial charge is 0.377 e. The lowest BCUT2D eigenvalue weighted by atomic mass is 10.2. The lowest BCUT2D eigenvalue weighted by Crippen LogP contribution is -2.32. The van der Waals surface area contributed by atoms with Crippen molar-refractivity contribution in [1.82, 2.24) is 14.6 Å². The van der Waals surface area contributed by atoms with Crippen LogP contribution >= 0.6 is 11.3 Å². The molecule has 4 rings (SSSR count). The number of carbonyl (C=O) groups is 1. The van der Waals surface area contributed by atoms with E-state index >= 15 is 0 Å². The monoisotopic (exact) mass is 459 g/mol. The first-order chi connectivity index (χ1) is 14.8. The molecule has 2 atom stereocenters. The lowest BCUT2D eigenvalue weighted by molar-refractivity contribution is 0.0742. The minimum atomic E-state index is -3.65. The van der Waals surface area contributed by atoms with Crippen LogP contribution in [0.5, 0.6) is 0 Å². The van der Waals surface area contributed by atoms with Gasteiger partial charge in [-0.25, -0.2) is 18.1 Å². The molecule has 31 heavy (non-hydrogen) atoms. The van der Waals surface area contributed by atoms with Crippen molar-refractivity contribution >= 4 is 37.5 Å². The molecule has 0 radical (unpaired) electrons. The van der Waals surface area contributed by atoms with Crippen LogP contribution in [-0.4, -0.2) is 50.5 Å². The summed E-state index contributed by atoms with van der Waals surface area (Å²) in [6.45, 7) is 2.86. The van der Waals surface area contributed by atoms with Gasteiger partial charge in [-0.3, -0.25) is 4.79 Å². The molecular formula is C22H25N3O4S2. The highest BCUT2D eigenvalue weighted by atomic mass is 32.2. The maximum absolute atomic E-state index is 13.0. The van der Waals surface area contributed by atoms with E-state index in [0.29, 0.717) is 12.2 Å². The highest BCUT2D eigenvalue weighted by Gasteiger charge is 2.23. The van der Waals surface area contributed by atoms with Crippen molar-refractivity contribution in [3.63, 3.8) is 0 Å². The summed E-state index contributed by atoms with van der Waals surface area (Å²) < 4.78 is 34.1. The zero-order chi connectivity index (χ0) is 22.0. The third-order valence-electron chi connectivity index (χ3n) is 5.51. The average molecular weight is 460 g/mol. The Hall–Kier alpha value is -2.33. The van der Waals surface area contributed by atoms with Crippen LogP contribution in [0.1, 0.15) is 41.2 Å². The molecule has 1 aromatic heterocycles. The van der Waals surface area contributed by atoms with E-state index in [1.165, 1.54) is 12.1 Å². The summed E-state index contributed by atoms with van der Waals surface area (Å²) in [4.78, 5) is 19.3. The molecule has 2 heterocycles. The molecule has 1 aliphatic rings. The Balaban J connectivity index is 1.44. The molecule has 1 N–H and O–H groups in total. The minimum absolute atomic E-state index is 0.0757. The highest BCUT2D eigenvalue weighted by molar-refractivity contribution is 7.89. The van der Waals surface area contributed by atoms with Crippen molar-refractivity contribution in [1.29, 1.82) is 0 Å². The standard InChI is InChI=1S/C22H25N3O4S2/c1-15(21-24-19-7-3-4-8-20(19)30-21)25(2)22(26)16-9-11-18(12-10-16)31(27,28)23-14-17-6-5-13-29-17/h3-4,7-12,15,17,23H,5-6,13-14H2,1-2H3/t15-,17+/m0/s1. The first kappa shape index (κ1) is 21.9. The number of fused-ring (bicyclic) bond motifs is 1. The number of hydrogen-bond acceptors (Lipinski definition) is 6. The molecule has 3 aromatic rings. The first-order valence-electron chi connectivity index (χ1n) is 10.2. The molecule has 0 spiro atoms. The van der Waals surface area contributed by atoms with Crippen molar-refractivity contribution in [3.05, 3.63) is 59.1 Å². The van der Waals surface area contributed by atoms with Crippen molar-refractivity contribution in [2.75, 3.05) is 20.2 Å². The van der Waals surface area contributed by atoms with E-state index in [1.54, 1.807) is 35.4 Å². The van der Waals surface area contributed by atoms with Gasteiger partial charge < -0.3 is 9.64 Å². The van der Waals surface area contributed by atoms with Crippen LogP contribution in [0.2, 0.25) is 0 Å². The number of rotatable bonds is 7. The van der Waals surface area contributed by atoms with E-state index in [4.69, 9.17) is 4.74 Å². The summed E-state index contributed by atoms with van der Waals surface area (Å²) in [6, 6.07) is 13.7. The van der Waals surface area contributed by atoms with E-state index in [9.17, 15) is 13.2 Å². The number of carbonyl (C=O) groups excluding carboxylic acids is 1. The zero-order valence-corrected chi connectivity index (χ0v) is 19.1. The Bertz CT molecular complexity index is 1140. The van der Waals surface area contributed by atoms with Crippen LogP contribution in [0.4, 0.5) is 0 Å². The number of sulfonamides is 1. The van der Waals surface area contributed by atoms with Gasteiger partial charge in [-0.05, 0) is 56.2 Å². The van der Waals surface area contributed by atoms with Crippen LogP contribution in [0, 0.1) is 0 Å². The quantitative estimate of drug-likeness (QED) is 0.583. The number of benzene rings is 2. The smallest absolute Gasteiger partial charge is 0.254 e. The van der Waals surface area contributed by atoms with E-state index in [0.717, 1.165) is 28.1 Å². The number of para-hydroxylation sites is 1. The van der Waals surface area contributed by atoms with Crippen LogP contribution < -0.4 is 4.72 Å². The van der Waals surface area contributed by atoms with Gasteiger partial charge in [0.1, 0.15) is 5.01 Å². The molecule has 0 aliphatic carbocycles. The summed E-state index contributed by atoms with van der Waals surface area (Å²) in [5.74, 6) is -0.192. The fourth-order valence-corrected chi connectivity index (χ4v) is 5.61. The molecular weight excluding hydrogens is 434 g/mol. The van der Waals surface area contributed by atoms with Gasteiger partial charge in [0.2, 0.25) is 10.0 Å². The predicted molar refractivity (Wildman–Crippen MR) is 121 cm³/mol. The summed E-state index contributed by atoms with van der Waals surface area (Å²) >= 11 is 1.57. The Morgan fingerprint density at radius 1 is 1.26 bits per heavy atom. The number of amides is 1. The zero-order valence-electron chi connectivity index (χ0n) is 17.4. The molecule has 1 fully saturated rings. The van der Waals surface area contributed by atoms with E-state index in [2.05, 4.69) is 9.71 Å². The van der Waals surface area contributed by atoms with Gasteiger partial charge in [0.25, 0.3) is 5.91 Å². The second-order valence-electron chi connectivity index (χ2n) is 7.62. The molecule has 1 aliphatic heterocycles. The second-order valence-corrected chi connectivity index (χ2v) is 10.5. The van der Waals surface area contributed by atoms with Crippen molar-refractivity contribution < 1.29 is 17.9 Å². The Morgan fingerprint density at radius 3 is 2.68 bits per heavy atom. The fraction of sp³-hybridized carbons (Fsp3) is 0.364. The number of nitrogens with one attached hydrogen (secondary N) is 1. The molecule has 1 saturated heterocycles. The highest BCUT2D eigenvalue weighted by Crippen LogP contribution is 2.29. The van der Waals surface area contributed by atoms with Gasteiger partial charge in [0, 0.05) is 25.8 Å². The number of ether oxygens (including phenoxy) is 1. The molecule has 0 bridgehead atoms. The van der Waals surface area contributed by atoms with Crippen LogP contribution in [-0.2, 0) is 14.8 Å². The average Bonchev–Trinajstić information content (AvgIpc) is 3.46. The van der Waals surface area contributed by atoms with Crippen molar-refractivity contribution in [2.45, 2.75) is 36.8 Å². The molecule has 164 valence electrons. The van der Waals surface area contributed by atoms with Crippen LogP contribution in [0.25, 0.3) is 10.2 Å². The Kier molecular flexibility index (Phi) is 6.38. The maximum Gasteiger partial charge on any atom is 0.254 e. The molecule has 2 aromatic carbocycles. The molecule has 0 saturated carbocycles. The van der Waals surface area contributed by atoms with Crippen molar-refractivity contribution in [2.24, 2.45) is 0 Å². The van der Waals surface area contributed by atoms with Gasteiger partial charge in [-0.15, -0.1) is 11.3 Å². The number of nitrogens with zero attached hydrogens (tertiary/aromatic N) is 2. The molecule has 0 unspecified atom stereocenters. The molecule has 1 amide bonds. The van der Waals surface area contributed by atoms with Crippen LogP contribution in [0.15, 0.2) is 53.4 Å². The lowest BCUT2D eigenvalue weighted by Gasteiger charge is -2.23. The fourth-order valence-electron chi connectivity index (χ4n) is 3.48. The van der Waals surface area contributed by atoms with Gasteiger partial charge in [0.15, 0.2) is 0 Å². The SMILES string of the molecule is C[C@@H](c1nc2ccccc2s1)N(C)C(=O)c1ccc(S(=O)(=O)NC[C@H]2CCCO2)cc1. The maximum atomic E-state index is 13.0. The molecule has 7 nitrogen and oxygen atoms in total. The van der Waals surface area contributed by atoms with E-state index in [1.807, 2.05) is 31.2 Å². The predicted octanol–water partition coefficient (Wildman–Crippen LogP) is 3.59. The second kappa shape index (κ2) is 9.04. The summed E-state index contributed by atoms with van der Waals surface area (Å²) in [5, 5.41) is 0.856. The minimum Gasteiger partial charge on any atom is -0.377 e. The van der Waals surface area contributed by atoms with E-state index in [-0.39, 0.29) is 29.5 Å². The molecule has 9 heteroatoms. The van der Waals surface area contributed by atoms with Gasteiger partial charge in [-0.2, -0.15) is 0 Å². The number of aromatic nitrogens is 1. The summed E-state index contributed by atoms with van der Waals surface area (Å²) in [7, 11) is -1.92. The normalized spacial score (nSPS) is 17.7. The van der Waals surface area contributed by atoms with Gasteiger partial charge in [-0.1, -0.05) is 12.1 Å². The first-order valence-corrected chi connectivity index (χ1v) is 12.5. The van der Waals surface area contributed by atoms with E-state index < -0.39 is 10.0 Å². The van der Waals surface area contributed by atoms with Crippen molar-refractivity contribution in [3.8, 4) is 0 Å². The third-order valence-corrected chi connectivity index (χ3v) is 8.15. The number of hydrogen-bond donors (Lipinski definition) is 1. The van der Waals surface area contributed by atoms with Gasteiger partial charge in [0.05, 0.1) is 27.3 Å². The third kappa shape index (κ3) is 4.79. The van der Waals surface area contributed by atoms with Gasteiger partial charge >= 0.3 is 0 Å². The Morgan fingerprint density at radius 2 is 2.00 bits per heavy atom.